The molecule has 172 valence electrons. The third-order valence-corrected chi connectivity index (χ3v) is 5.65. The molecule has 0 spiro atoms. The summed E-state index contributed by atoms with van der Waals surface area (Å²) >= 11 is 0. The van der Waals surface area contributed by atoms with E-state index < -0.39 is 5.60 Å². The van der Waals surface area contributed by atoms with E-state index >= 15 is 0 Å². The minimum absolute atomic E-state index is 0.208. The van der Waals surface area contributed by atoms with Gasteiger partial charge in [0, 0.05) is 25.4 Å². The van der Waals surface area contributed by atoms with E-state index in [0.29, 0.717) is 46.2 Å². The van der Waals surface area contributed by atoms with Crippen LogP contribution in [0, 0.1) is 0 Å². The van der Waals surface area contributed by atoms with E-state index in [1.165, 1.54) is 10.9 Å². The molecule has 5 rings (SSSR count). The summed E-state index contributed by atoms with van der Waals surface area (Å²) in [5, 5.41) is 6.50. The Morgan fingerprint density at radius 3 is 2.76 bits per heavy atom. The summed E-state index contributed by atoms with van der Waals surface area (Å²) < 4.78 is 7.33. The van der Waals surface area contributed by atoms with Crippen molar-refractivity contribution in [3.05, 3.63) is 64.8 Å². The van der Waals surface area contributed by atoms with Gasteiger partial charge < -0.3 is 25.7 Å². The van der Waals surface area contributed by atoms with E-state index in [0.717, 1.165) is 11.1 Å². The fourth-order valence-corrected chi connectivity index (χ4v) is 3.75. The van der Waals surface area contributed by atoms with Crippen LogP contribution in [-0.2, 0) is 18.4 Å². The highest BCUT2D eigenvalue weighted by atomic mass is 16.5. The van der Waals surface area contributed by atoms with Crippen molar-refractivity contribution in [2.24, 2.45) is 7.05 Å². The Morgan fingerprint density at radius 1 is 1.15 bits per heavy atom. The Kier molecular flexibility index (Phi) is 4.93. The summed E-state index contributed by atoms with van der Waals surface area (Å²) in [6.45, 7) is 3.81. The van der Waals surface area contributed by atoms with Gasteiger partial charge in [-0.15, -0.1) is 0 Å². The number of carbonyl (C=O) groups excluding carboxylic acids is 1. The van der Waals surface area contributed by atoms with E-state index in [2.05, 4.69) is 20.6 Å². The lowest BCUT2D eigenvalue weighted by Gasteiger charge is -2.31. The Morgan fingerprint density at radius 2 is 1.97 bits per heavy atom. The van der Waals surface area contributed by atoms with Crippen molar-refractivity contribution in [1.29, 1.82) is 0 Å². The second-order valence-corrected chi connectivity index (χ2v) is 8.63. The van der Waals surface area contributed by atoms with Gasteiger partial charge in [0.2, 0.25) is 0 Å². The number of hydrogen-bond acceptors (Lipinski definition) is 8. The Bertz CT molecular complexity index is 1510. The maximum absolute atomic E-state index is 12.9. The predicted molar refractivity (Wildman–Crippen MR) is 130 cm³/mol. The van der Waals surface area contributed by atoms with Gasteiger partial charge >= 0.3 is 0 Å². The molecule has 1 aliphatic heterocycles. The van der Waals surface area contributed by atoms with Crippen LogP contribution in [0.3, 0.4) is 0 Å². The van der Waals surface area contributed by atoms with E-state index in [4.69, 9.17) is 15.5 Å². The van der Waals surface area contributed by atoms with Crippen LogP contribution in [0.25, 0.3) is 22.2 Å². The number of nitrogens with one attached hydrogen (secondary N) is 2. The average molecular weight is 457 g/mol. The molecule has 1 amide bonds. The molecule has 0 bridgehead atoms. The molecule has 10 heteroatoms. The Balaban J connectivity index is 1.60. The van der Waals surface area contributed by atoms with Crippen molar-refractivity contribution in [2.75, 3.05) is 16.4 Å². The van der Waals surface area contributed by atoms with Crippen molar-refractivity contribution in [1.82, 2.24) is 19.5 Å². The third-order valence-electron chi connectivity index (χ3n) is 5.65. The van der Waals surface area contributed by atoms with Crippen molar-refractivity contribution in [3.63, 3.8) is 0 Å². The van der Waals surface area contributed by atoms with Gasteiger partial charge in [-0.1, -0.05) is 6.07 Å². The minimum atomic E-state index is -0.991. The summed E-state index contributed by atoms with van der Waals surface area (Å²) in [4.78, 5) is 38.3. The first kappa shape index (κ1) is 21.4. The highest BCUT2D eigenvalue weighted by Crippen LogP contribution is 2.37. The van der Waals surface area contributed by atoms with Crippen LogP contribution in [0.4, 0.5) is 17.3 Å². The largest absolute Gasteiger partial charge is 0.476 e. The molecule has 1 aromatic carbocycles. The van der Waals surface area contributed by atoms with Crippen LogP contribution in [0.15, 0.2) is 53.7 Å². The number of pyridine rings is 2. The van der Waals surface area contributed by atoms with Crippen molar-refractivity contribution >= 4 is 34.1 Å². The maximum Gasteiger partial charge on any atom is 0.268 e. The zero-order valence-electron chi connectivity index (χ0n) is 18.9. The van der Waals surface area contributed by atoms with E-state index in [1.807, 2.05) is 18.2 Å². The second kappa shape index (κ2) is 7.84. The van der Waals surface area contributed by atoms with Gasteiger partial charge in [0.1, 0.15) is 22.8 Å². The van der Waals surface area contributed by atoms with Crippen molar-refractivity contribution in [3.8, 4) is 17.0 Å². The van der Waals surface area contributed by atoms with Gasteiger partial charge in [0.25, 0.3) is 11.5 Å². The number of rotatable bonds is 4. The zero-order chi connectivity index (χ0) is 24.0. The van der Waals surface area contributed by atoms with Gasteiger partial charge in [-0.25, -0.2) is 15.0 Å². The highest BCUT2D eigenvalue weighted by molar-refractivity contribution is 6.00. The Labute approximate surface area is 194 Å². The van der Waals surface area contributed by atoms with Gasteiger partial charge in [-0.05, 0) is 49.7 Å². The van der Waals surface area contributed by atoms with Crippen molar-refractivity contribution < 1.29 is 9.53 Å². The quantitative estimate of drug-likeness (QED) is 0.425. The average Bonchev–Trinajstić information content (AvgIpc) is 2.80. The number of amides is 1. The number of fused-ring (bicyclic) bond motifs is 2. The second-order valence-electron chi connectivity index (χ2n) is 8.63. The first-order valence-corrected chi connectivity index (χ1v) is 10.7. The molecule has 0 saturated carbocycles. The number of benzene rings is 1. The number of nitrogens with zero attached hydrogens (tertiary/aromatic N) is 4. The molecule has 10 nitrogen and oxygen atoms in total. The van der Waals surface area contributed by atoms with Crippen LogP contribution in [0.2, 0.25) is 0 Å². The van der Waals surface area contributed by atoms with Gasteiger partial charge in [0.05, 0.1) is 23.2 Å². The van der Waals surface area contributed by atoms with Crippen LogP contribution >= 0.6 is 0 Å². The first-order valence-electron chi connectivity index (χ1n) is 10.7. The van der Waals surface area contributed by atoms with Crippen molar-refractivity contribution in [2.45, 2.75) is 26.0 Å². The van der Waals surface area contributed by atoms with Crippen LogP contribution < -0.4 is 26.7 Å². The van der Waals surface area contributed by atoms with E-state index in [9.17, 15) is 9.59 Å². The number of hydrogen-bond donors (Lipinski definition) is 3. The molecule has 3 aromatic heterocycles. The summed E-state index contributed by atoms with van der Waals surface area (Å²) in [6.07, 6.45) is 3.11. The summed E-state index contributed by atoms with van der Waals surface area (Å²) in [6, 6.07) is 10.8. The molecule has 1 aliphatic rings. The molecule has 0 unspecified atom stereocenters. The molecule has 4 aromatic rings. The summed E-state index contributed by atoms with van der Waals surface area (Å²) in [7, 11) is 1.65. The first-order chi connectivity index (χ1) is 16.2. The van der Waals surface area contributed by atoms with Gasteiger partial charge in [0.15, 0.2) is 5.60 Å². The van der Waals surface area contributed by atoms with Gasteiger partial charge in [-0.2, -0.15) is 0 Å². The molecular formula is C24H23N7O3. The van der Waals surface area contributed by atoms with Gasteiger partial charge in [-0.3, -0.25) is 9.59 Å². The fourth-order valence-electron chi connectivity index (χ4n) is 3.75. The number of anilines is 3. The normalized spacial score (nSPS) is 14.3. The minimum Gasteiger partial charge on any atom is -0.476 e. The molecule has 0 saturated heterocycles. The summed E-state index contributed by atoms with van der Waals surface area (Å²) in [5.41, 5.74) is 7.95. The number of aryl methyl sites for hydroxylation is 1. The number of ether oxygens (including phenoxy) is 1. The smallest absolute Gasteiger partial charge is 0.268 e. The standard InChI is InChI=1S/C24H23N7O3/c1-24(2)23(33)30-15-5-4-14(9-18(15)34-24)16-10-17-20(22(32)31(3)12-28-17)21(29-16)27-11-13-6-7-26-19(25)8-13/h4-10,12H,11H2,1-3H3,(H2,25,26)(H,27,29)(H,30,33). The van der Waals surface area contributed by atoms with Crippen LogP contribution in [0.1, 0.15) is 19.4 Å². The fraction of sp³-hybridized carbons (Fsp3) is 0.208. The monoisotopic (exact) mass is 457 g/mol. The number of nitrogen functional groups attached to an aromatic ring is 1. The number of nitrogens with two attached hydrogens (primary N) is 1. The Hall–Kier alpha value is -4.47. The number of carbonyl (C=O) groups is 1. The molecular weight excluding hydrogens is 434 g/mol. The highest BCUT2D eigenvalue weighted by Gasteiger charge is 2.35. The summed E-state index contributed by atoms with van der Waals surface area (Å²) in [5.74, 6) is 1.15. The van der Waals surface area contributed by atoms with Crippen LogP contribution in [0.5, 0.6) is 5.75 Å². The molecule has 0 fully saturated rings. The predicted octanol–water partition coefficient (Wildman–Crippen LogP) is 2.69. The zero-order valence-corrected chi connectivity index (χ0v) is 18.9. The lowest BCUT2D eigenvalue weighted by molar-refractivity contribution is -0.129. The third kappa shape index (κ3) is 3.79. The SMILES string of the molecule is Cn1cnc2cc(-c3ccc4c(c3)OC(C)(C)C(=O)N4)nc(NCc3ccnc(N)c3)c2c1=O. The molecule has 34 heavy (non-hydrogen) atoms. The maximum atomic E-state index is 12.9. The number of aromatic nitrogens is 4. The topological polar surface area (TPSA) is 137 Å². The molecule has 4 heterocycles. The molecule has 0 atom stereocenters. The molecule has 0 radical (unpaired) electrons. The van der Waals surface area contributed by atoms with E-state index in [1.54, 1.807) is 45.3 Å². The lowest BCUT2D eigenvalue weighted by Crippen LogP contribution is -2.45. The van der Waals surface area contributed by atoms with E-state index in [-0.39, 0.29) is 11.5 Å². The lowest BCUT2D eigenvalue weighted by atomic mass is 10.0. The molecule has 0 aliphatic carbocycles. The van der Waals surface area contributed by atoms with Crippen LogP contribution in [-0.4, -0.2) is 31.0 Å². The molecule has 4 N–H and O–H groups in total.